The molecule has 0 spiro atoms. The molecule has 258 valence electrons. The summed E-state index contributed by atoms with van der Waals surface area (Å²) in [5.74, 6) is 0.177. The number of ether oxygens (including phenoxy) is 6. The smallest absolute Gasteiger partial charge is 0.412 e. The maximum Gasteiger partial charge on any atom is 0.412 e. The first-order chi connectivity index (χ1) is 23.7. The number of halogens is 1. The predicted molar refractivity (Wildman–Crippen MR) is 175 cm³/mol. The van der Waals surface area contributed by atoms with Gasteiger partial charge in [-0.1, -0.05) is 17.7 Å². The Morgan fingerprint density at radius 2 is 1.73 bits per heavy atom. The van der Waals surface area contributed by atoms with Gasteiger partial charge < -0.3 is 33.3 Å². The Morgan fingerprint density at radius 1 is 0.959 bits per heavy atom. The normalized spacial score (nSPS) is 12.8. The number of nitrogens with one attached hydrogen (secondary N) is 2. The fraction of sp³-hybridized carbons (Fsp3) is 0.258. The average molecular weight is 715 g/mol. The van der Waals surface area contributed by atoms with Crippen molar-refractivity contribution < 1.29 is 46.4 Å². The highest BCUT2D eigenvalue weighted by Crippen LogP contribution is 2.40. The van der Waals surface area contributed by atoms with Crippen molar-refractivity contribution >= 4 is 45.3 Å². The van der Waals surface area contributed by atoms with E-state index in [0.29, 0.717) is 43.6 Å². The van der Waals surface area contributed by atoms with Crippen LogP contribution in [-0.2, 0) is 24.3 Å². The van der Waals surface area contributed by atoms with Crippen LogP contribution in [0.1, 0.15) is 0 Å². The fourth-order valence-corrected chi connectivity index (χ4v) is 5.39. The number of hydrogen-bond donors (Lipinski definition) is 2. The number of benzene rings is 2. The third-order valence-electron chi connectivity index (χ3n) is 6.66. The first kappa shape index (κ1) is 34.9. The highest BCUT2D eigenvalue weighted by atomic mass is 35.5. The molecule has 1 fully saturated rings. The van der Waals surface area contributed by atoms with Gasteiger partial charge in [0.2, 0.25) is 5.75 Å². The molecule has 4 aromatic rings. The van der Waals surface area contributed by atoms with Crippen molar-refractivity contribution in [3.05, 3.63) is 78.2 Å². The molecule has 2 aromatic carbocycles. The van der Waals surface area contributed by atoms with Crippen molar-refractivity contribution in [1.82, 2.24) is 19.9 Å². The molecule has 0 aliphatic carbocycles. The number of pyridine rings is 1. The zero-order valence-corrected chi connectivity index (χ0v) is 27.6. The van der Waals surface area contributed by atoms with Crippen molar-refractivity contribution in [2.24, 2.45) is 0 Å². The number of nitrogens with zero attached hydrogens (tertiary/aromatic N) is 4. The standard InChI is InChI=1S/C31H31ClN6O10S/c1-43-22-7-10-24(32)25(18-22)48-28-29(34-20-35-30(28)45-16-17-46-31(40)36-26-4-2-3-11-33-26)37-49(41,42)23-8-5-21(6-9-23)47-19-27(39)38-12-14-44-15-13-38/h2-11,18,20H,12-17,19H2,1H3,(H,33,36,40)(H,34,35,37). The summed E-state index contributed by atoms with van der Waals surface area (Å²) >= 11 is 6.36. The predicted octanol–water partition coefficient (Wildman–Crippen LogP) is 3.99. The van der Waals surface area contributed by atoms with E-state index < -0.39 is 16.1 Å². The van der Waals surface area contributed by atoms with Gasteiger partial charge >= 0.3 is 6.09 Å². The third kappa shape index (κ3) is 9.82. The molecule has 1 aliphatic heterocycles. The minimum Gasteiger partial charge on any atom is -0.497 e. The molecule has 0 saturated carbocycles. The molecule has 2 N–H and O–H groups in total. The highest BCUT2D eigenvalue weighted by Gasteiger charge is 2.24. The number of morpholine rings is 1. The second kappa shape index (κ2) is 16.6. The number of anilines is 2. The molecule has 0 unspecified atom stereocenters. The Balaban J connectivity index is 1.29. The Labute approximate surface area is 286 Å². The molecule has 18 heteroatoms. The van der Waals surface area contributed by atoms with Crippen molar-refractivity contribution in [2.45, 2.75) is 4.90 Å². The number of sulfonamides is 1. The van der Waals surface area contributed by atoms with E-state index in [9.17, 15) is 18.0 Å². The largest absolute Gasteiger partial charge is 0.497 e. The zero-order chi connectivity index (χ0) is 34.6. The maximum absolute atomic E-state index is 13.5. The SMILES string of the molecule is COc1ccc(Cl)c(Oc2c(NS(=O)(=O)c3ccc(OCC(=O)N4CCOCC4)cc3)ncnc2OCCOC(=O)Nc2ccccn2)c1. The minimum atomic E-state index is -4.26. The Kier molecular flexibility index (Phi) is 11.9. The minimum absolute atomic E-state index is 0.0835. The second-order valence-corrected chi connectivity index (χ2v) is 12.0. The quantitative estimate of drug-likeness (QED) is 0.179. The van der Waals surface area contributed by atoms with Gasteiger partial charge in [0.05, 0.1) is 30.2 Å². The van der Waals surface area contributed by atoms with Gasteiger partial charge in [-0.25, -0.2) is 23.2 Å². The van der Waals surface area contributed by atoms with E-state index in [-0.39, 0.29) is 58.8 Å². The summed E-state index contributed by atoms with van der Waals surface area (Å²) in [5, 5.41) is 2.64. The topological polar surface area (TPSA) is 190 Å². The number of rotatable bonds is 14. The molecule has 0 radical (unpaired) electrons. The third-order valence-corrected chi connectivity index (χ3v) is 8.33. The van der Waals surface area contributed by atoms with Crippen LogP contribution in [0.3, 0.4) is 0 Å². The van der Waals surface area contributed by atoms with Crippen LogP contribution in [0.2, 0.25) is 5.02 Å². The van der Waals surface area contributed by atoms with Gasteiger partial charge in [0.15, 0.2) is 12.4 Å². The van der Waals surface area contributed by atoms with Crippen molar-refractivity contribution in [3.8, 4) is 28.9 Å². The van der Waals surface area contributed by atoms with Crippen molar-refractivity contribution in [1.29, 1.82) is 0 Å². The van der Waals surface area contributed by atoms with Gasteiger partial charge in [-0.15, -0.1) is 0 Å². The Bertz CT molecular complexity index is 1850. The first-order valence-electron chi connectivity index (χ1n) is 14.7. The second-order valence-electron chi connectivity index (χ2n) is 9.94. The van der Waals surface area contributed by atoms with Crippen LogP contribution >= 0.6 is 11.6 Å². The van der Waals surface area contributed by atoms with Gasteiger partial charge in [0.1, 0.15) is 42.6 Å². The summed E-state index contributed by atoms with van der Waals surface area (Å²) in [6.07, 6.45) is 1.81. The van der Waals surface area contributed by atoms with Crippen LogP contribution in [0.15, 0.2) is 78.1 Å². The molecular weight excluding hydrogens is 684 g/mol. The number of carbonyl (C=O) groups excluding carboxylic acids is 2. The molecule has 49 heavy (non-hydrogen) atoms. The van der Waals surface area contributed by atoms with Gasteiger partial charge in [0, 0.05) is 25.4 Å². The lowest BCUT2D eigenvalue weighted by Crippen LogP contribution is -2.42. The molecular formula is C31H31ClN6O10S. The van der Waals surface area contributed by atoms with E-state index in [0.717, 1.165) is 6.33 Å². The molecule has 0 bridgehead atoms. The molecule has 3 heterocycles. The number of aromatic nitrogens is 3. The van der Waals surface area contributed by atoms with Gasteiger partial charge in [-0.3, -0.25) is 14.8 Å². The lowest BCUT2D eigenvalue weighted by Gasteiger charge is -2.26. The van der Waals surface area contributed by atoms with E-state index in [1.807, 2.05) is 0 Å². The summed E-state index contributed by atoms with van der Waals surface area (Å²) in [7, 11) is -2.81. The zero-order valence-electron chi connectivity index (χ0n) is 26.0. The Hall–Kier alpha value is -5.39. The summed E-state index contributed by atoms with van der Waals surface area (Å²) in [4.78, 5) is 38.2. The summed E-state index contributed by atoms with van der Waals surface area (Å²) in [6, 6.07) is 15.1. The number of carbonyl (C=O) groups is 2. The van der Waals surface area contributed by atoms with Crippen LogP contribution in [0, 0.1) is 0 Å². The van der Waals surface area contributed by atoms with Crippen LogP contribution < -0.4 is 29.0 Å². The van der Waals surface area contributed by atoms with Crippen LogP contribution in [0.5, 0.6) is 28.9 Å². The Morgan fingerprint density at radius 3 is 2.47 bits per heavy atom. The molecule has 5 rings (SSSR count). The van der Waals surface area contributed by atoms with Crippen molar-refractivity contribution in [2.75, 3.05) is 63.3 Å². The van der Waals surface area contributed by atoms with Crippen LogP contribution in [0.4, 0.5) is 16.4 Å². The number of amides is 2. The highest BCUT2D eigenvalue weighted by molar-refractivity contribution is 7.92. The maximum atomic E-state index is 13.5. The van der Waals surface area contributed by atoms with E-state index in [1.165, 1.54) is 49.7 Å². The van der Waals surface area contributed by atoms with E-state index >= 15 is 0 Å². The average Bonchev–Trinajstić information content (AvgIpc) is 3.12. The monoisotopic (exact) mass is 714 g/mol. The summed E-state index contributed by atoms with van der Waals surface area (Å²) < 4.78 is 62.2. The molecule has 0 atom stereocenters. The lowest BCUT2D eigenvalue weighted by atomic mass is 10.3. The molecule has 1 saturated heterocycles. The van der Waals surface area contributed by atoms with Gasteiger partial charge in [-0.05, 0) is 48.5 Å². The number of methoxy groups -OCH3 is 1. The van der Waals surface area contributed by atoms with Gasteiger partial charge in [0.25, 0.3) is 21.8 Å². The molecule has 2 amide bonds. The van der Waals surface area contributed by atoms with E-state index in [4.69, 9.17) is 40.0 Å². The molecule has 16 nitrogen and oxygen atoms in total. The molecule has 1 aliphatic rings. The van der Waals surface area contributed by atoms with Crippen molar-refractivity contribution in [3.63, 3.8) is 0 Å². The van der Waals surface area contributed by atoms with Crippen LogP contribution in [0.25, 0.3) is 0 Å². The molecule has 2 aromatic heterocycles. The number of hydrogen-bond acceptors (Lipinski definition) is 13. The summed E-state index contributed by atoms with van der Waals surface area (Å²) in [6.45, 7) is 1.27. The first-order valence-corrected chi connectivity index (χ1v) is 16.5. The van der Waals surface area contributed by atoms with E-state index in [2.05, 4.69) is 25.0 Å². The fourth-order valence-electron chi connectivity index (χ4n) is 4.22. The van der Waals surface area contributed by atoms with Gasteiger partial charge in [-0.2, -0.15) is 4.98 Å². The van der Waals surface area contributed by atoms with Crippen LogP contribution in [-0.4, -0.2) is 93.5 Å². The lowest BCUT2D eigenvalue weighted by molar-refractivity contribution is -0.137. The summed E-state index contributed by atoms with van der Waals surface area (Å²) in [5.41, 5.74) is 0. The van der Waals surface area contributed by atoms with E-state index in [1.54, 1.807) is 29.2 Å².